The van der Waals surface area contributed by atoms with Crippen LogP contribution in [0.25, 0.3) is 0 Å². The summed E-state index contributed by atoms with van der Waals surface area (Å²) in [6.45, 7) is 3.02. The van der Waals surface area contributed by atoms with E-state index in [-0.39, 0.29) is 18.0 Å². The Morgan fingerprint density at radius 2 is 1.70 bits per heavy atom. The third-order valence-electron chi connectivity index (χ3n) is 3.83. The number of rotatable bonds is 4. The van der Waals surface area contributed by atoms with Gasteiger partial charge in [-0.2, -0.15) is 4.31 Å². The fraction of sp³-hybridized carbons (Fsp3) is 0.429. The fourth-order valence-electron chi connectivity index (χ4n) is 2.46. The number of benzene rings is 1. The van der Waals surface area contributed by atoms with Crippen LogP contribution in [0.5, 0.6) is 0 Å². The summed E-state index contributed by atoms with van der Waals surface area (Å²) in [6, 6.07) is 6.79. The molecule has 9 heteroatoms. The van der Waals surface area contributed by atoms with Crippen molar-refractivity contribution in [3.8, 4) is 0 Å². The van der Waals surface area contributed by atoms with E-state index in [1.807, 2.05) is 10.2 Å². The zero-order chi connectivity index (χ0) is 17.0. The number of amides is 3. The van der Waals surface area contributed by atoms with E-state index >= 15 is 0 Å². The van der Waals surface area contributed by atoms with Crippen LogP contribution < -0.4 is 11.1 Å². The van der Waals surface area contributed by atoms with Gasteiger partial charge in [0.25, 0.3) is 0 Å². The molecule has 0 saturated carbocycles. The molecule has 1 aliphatic rings. The van der Waals surface area contributed by atoms with Gasteiger partial charge in [0.15, 0.2) is 0 Å². The summed E-state index contributed by atoms with van der Waals surface area (Å²) < 4.78 is 26.4. The lowest BCUT2D eigenvalue weighted by Gasteiger charge is -2.36. The number of carbonyl (C=O) groups excluding carboxylic acids is 2. The number of nitrogens with zero attached hydrogens (tertiary/aromatic N) is 2. The summed E-state index contributed by atoms with van der Waals surface area (Å²) in [5.74, 6) is -0.489. The molecule has 0 bridgehead atoms. The van der Waals surface area contributed by atoms with Crippen molar-refractivity contribution in [2.24, 2.45) is 5.73 Å². The summed E-state index contributed by atoms with van der Waals surface area (Å²) >= 11 is 0. The monoisotopic (exact) mass is 340 g/mol. The van der Waals surface area contributed by atoms with E-state index in [1.165, 1.54) is 4.31 Å². The Hall–Kier alpha value is -1.97. The largest absolute Gasteiger partial charge is 0.351 e. The number of carbonyl (C=O) groups is 2. The molecule has 3 N–H and O–H groups in total. The highest BCUT2D eigenvalue weighted by atomic mass is 32.2. The maximum atomic E-state index is 12.5. The van der Waals surface area contributed by atoms with E-state index < -0.39 is 28.0 Å². The average molecular weight is 340 g/mol. The van der Waals surface area contributed by atoms with Crippen LogP contribution in [-0.4, -0.2) is 61.8 Å². The molecule has 1 heterocycles. The molecule has 1 saturated heterocycles. The maximum Gasteiger partial charge on any atom is 0.318 e. The van der Waals surface area contributed by atoms with Gasteiger partial charge in [0, 0.05) is 26.2 Å². The van der Waals surface area contributed by atoms with Crippen LogP contribution in [-0.2, 0) is 14.8 Å². The first-order chi connectivity index (χ1) is 10.8. The summed E-state index contributed by atoms with van der Waals surface area (Å²) in [4.78, 5) is 24.6. The lowest BCUT2D eigenvalue weighted by atomic mass is 10.2. The first-order valence-corrected chi connectivity index (χ1v) is 8.66. The normalized spacial score (nSPS) is 18.3. The predicted molar refractivity (Wildman–Crippen MR) is 84.0 cm³/mol. The molecule has 1 aliphatic heterocycles. The highest BCUT2D eigenvalue weighted by Crippen LogP contribution is 2.18. The van der Waals surface area contributed by atoms with Crippen LogP contribution in [0, 0.1) is 0 Å². The molecule has 1 aromatic carbocycles. The average Bonchev–Trinajstić information content (AvgIpc) is 2.54. The fourth-order valence-corrected chi connectivity index (χ4v) is 3.91. The van der Waals surface area contributed by atoms with Gasteiger partial charge in [-0.15, -0.1) is 0 Å². The summed E-state index contributed by atoms with van der Waals surface area (Å²) in [5.41, 5.74) is 4.93. The van der Waals surface area contributed by atoms with E-state index in [0.717, 1.165) is 0 Å². The zero-order valence-corrected chi connectivity index (χ0v) is 13.6. The molecule has 2 rings (SSSR count). The van der Waals surface area contributed by atoms with Gasteiger partial charge in [-0.3, -0.25) is 15.0 Å². The number of nitrogens with one attached hydrogen (secondary N) is 1. The minimum Gasteiger partial charge on any atom is -0.351 e. The van der Waals surface area contributed by atoms with Crippen molar-refractivity contribution in [2.75, 3.05) is 26.2 Å². The molecule has 126 valence electrons. The number of sulfonamides is 1. The number of nitrogens with two attached hydrogens (primary N) is 1. The van der Waals surface area contributed by atoms with Crippen LogP contribution in [0.15, 0.2) is 35.2 Å². The third-order valence-corrected chi connectivity index (χ3v) is 5.74. The molecule has 8 nitrogen and oxygen atoms in total. The van der Waals surface area contributed by atoms with Crippen molar-refractivity contribution in [2.45, 2.75) is 17.9 Å². The standard InChI is InChI=1S/C14H20N4O4S/c1-11(13(19)16-14(15)20)17-7-9-18(10-8-17)23(21,22)12-5-3-2-4-6-12/h2-6,11H,7-10H2,1H3,(H3,15,16,19,20)/t11-/m0/s1. The van der Waals surface area contributed by atoms with Gasteiger partial charge in [0.2, 0.25) is 15.9 Å². The van der Waals surface area contributed by atoms with Crippen molar-refractivity contribution >= 4 is 22.0 Å². The Kier molecular flexibility index (Phi) is 5.34. The minimum absolute atomic E-state index is 0.257. The molecule has 0 aliphatic carbocycles. The van der Waals surface area contributed by atoms with E-state index in [0.29, 0.717) is 13.1 Å². The van der Waals surface area contributed by atoms with Gasteiger partial charge in [-0.1, -0.05) is 18.2 Å². The second kappa shape index (κ2) is 7.07. The van der Waals surface area contributed by atoms with E-state index in [4.69, 9.17) is 5.73 Å². The van der Waals surface area contributed by atoms with Gasteiger partial charge in [-0.05, 0) is 19.1 Å². The summed E-state index contributed by atoms with van der Waals surface area (Å²) in [5, 5.41) is 2.03. The molecular weight excluding hydrogens is 320 g/mol. The van der Waals surface area contributed by atoms with E-state index in [1.54, 1.807) is 37.3 Å². The summed E-state index contributed by atoms with van der Waals surface area (Å²) in [6.07, 6.45) is 0. The van der Waals surface area contributed by atoms with E-state index in [2.05, 4.69) is 0 Å². The van der Waals surface area contributed by atoms with Gasteiger partial charge in [0.1, 0.15) is 0 Å². The number of hydrogen-bond acceptors (Lipinski definition) is 5. The first-order valence-electron chi connectivity index (χ1n) is 7.22. The Morgan fingerprint density at radius 3 is 2.22 bits per heavy atom. The van der Waals surface area contributed by atoms with Crippen LogP contribution in [0.2, 0.25) is 0 Å². The lowest BCUT2D eigenvalue weighted by molar-refractivity contribution is -0.125. The number of primary amides is 1. The first kappa shape index (κ1) is 17.4. The molecule has 0 spiro atoms. The lowest BCUT2D eigenvalue weighted by Crippen LogP contribution is -2.55. The van der Waals surface area contributed by atoms with Crippen LogP contribution in [0.3, 0.4) is 0 Å². The molecule has 1 aromatic rings. The molecular formula is C14H20N4O4S. The molecule has 0 aromatic heterocycles. The van der Waals surface area contributed by atoms with Crippen LogP contribution in [0.1, 0.15) is 6.92 Å². The molecule has 3 amide bonds. The molecule has 0 radical (unpaired) electrons. The topological polar surface area (TPSA) is 113 Å². The maximum absolute atomic E-state index is 12.5. The third kappa shape index (κ3) is 4.06. The highest BCUT2D eigenvalue weighted by Gasteiger charge is 2.31. The Balaban J connectivity index is 1.99. The van der Waals surface area contributed by atoms with Crippen molar-refractivity contribution in [3.63, 3.8) is 0 Å². The summed E-state index contributed by atoms with van der Waals surface area (Å²) in [7, 11) is -3.52. The Bertz CT molecular complexity index is 669. The number of hydrogen-bond donors (Lipinski definition) is 2. The van der Waals surface area contributed by atoms with Gasteiger partial charge < -0.3 is 5.73 Å². The van der Waals surface area contributed by atoms with Gasteiger partial charge >= 0.3 is 6.03 Å². The van der Waals surface area contributed by atoms with Crippen molar-refractivity contribution in [1.82, 2.24) is 14.5 Å². The van der Waals surface area contributed by atoms with Crippen molar-refractivity contribution in [3.05, 3.63) is 30.3 Å². The Labute approximate surface area is 135 Å². The SMILES string of the molecule is C[C@@H](C(=O)NC(N)=O)N1CCN(S(=O)(=O)c2ccccc2)CC1. The smallest absolute Gasteiger partial charge is 0.318 e. The van der Waals surface area contributed by atoms with Crippen LogP contribution >= 0.6 is 0 Å². The zero-order valence-electron chi connectivity index (χ0n) is 12.8. The molecule has 1 atom stereocenters. The number of imide groups is 1. The molecule has 0 unspecified atom stereocenters. The molecule has 23 heavy (non-hydrogen) atoms. The number of urea groups is 1. The number of piperazine rings is 1. The Morgan fingerprint density at radius 1 is 1.13 bits per heavy atom. The van der Waals surface area contributed by atoms with Gasteiger partial charge in [-0.25, -0.2) is 13.2 Å². The quantitative estimate of drug-likeness (QED) is 0.773. The van der Waals surface area contributed by atoms with Crippen molar-refractivity contribution < 1.29 is 18.0 Å². The second-order valence-electron chi connectivity index (χ2n) is 5.28. The van der Waals surface area contributed by atoms with Crippen LogP contribution in [0.4, 0.5) is 4.79 Å². The minimum atomic E-state index is -3.52. The van der Waals surface area contributed by atoms with Gasteiger partial charge in [0.05, 0.1) is 10.9 Å². The second-order valence-corrected chi connectivity index (χ2v) is 7.22. The van der Waals surface area contributed by atoms with Crippen molar-refractivity contribution in [1.29, 1.82) is 0 Å². The van der Waals surface area contributed by atoms with E-state index in [9.17, 15) is 18.0 Å². The molecule has 1 fully saturated rings. The highest BCUT2D eigenvalue weighted by molar-refractivity contribution is 7.89. The predicted octanol–water partition coefficient (Wildman–Crippen LogP) is -0.424.